The molecule has 1 N–H and O–H groups in total. The Balaban J connectivity index is 1.75. The fourth-order valence-corrected chi connectivity index (χ4v) is 4.51. The Bertz CT molecular complexity index is 895. The molecule has 0 radical (unpaired) electrons. The lowest BCUT2D eigenvalue weighted by Gasteiger charge is -2.15. The van der Waals surface area contributed by atoms with Crippen molar-refractivity contribution in [1.82, 2.24) is 4.31 Å². The number of nitrogens with zero attached hydrogens (tertiary/aromatic N) is 1. The van der Waals surface area contributed by atoms with E-state index in [1.54, 1.807) is 6.07 Å². The Morgan fingerprint density at radius 2 is 1.72 bits per heavy atom. The molecule has 1 aliphatic heterocycles. The SMILES string of the molecule is O=C(Nc1ccc(S(=O)(=O)N2CCCC2)cc1)c1ccc(Br)cc1F. The molecule has 0 spiro atoms. The maximum Gasteiger partial charge on any atom is 0.258 e. The first-order chi connectivity index (χ1) is 11.9. The summed E-state index contributed by atoms with van der Waals surface area (Å²) in [4.78, 5) is 12.3. The summed E-state index contributed by atoms with van der Waals surface area (Å²) in [6.07, 6.45) is 1.73. The highest BCUT2D eigenvalue weighted by molar-refractivity contribution is 9.10. The van der Waals surface area contributed by atoms with Crippen LogP contribution in [0.3, 0.4) is 0 Å². The molecule has 1 fully saturated rings. The number of carbonyl (C=O) groups excluding carboxylic acids is 1. The van der Waals surface area contributed by atoms with Gasteiger partial charge < -0.3 is 5.32 Å². The summed E-state index contributed by atoms with van der Waals surface area (Å²) in [6, 6.07) is 10.0. The van der Waals surface area contributed by atoms with Crippen LogP contribution < -0.4 is 5.32 Å². The average molecular weight is 427 g/mol. The van der Waals surface area contributed by atoms with Crippen LogP contribution in [0.15, 0.2) is 51.8 Å². The summed E-state index contributed by atoms with van der Waals surface area (Å²) in [5.41, 5.74) is 0.310. The van der Waals surface area contributed by atoms with E-state index in [1.807, 2.05) is 0 Å². The Hall–Kier alpha value is -1.77. The van der Waals surface area contributed by atoms with E-state index in [-0.39, 0.29) is 10.5 Å². The van der Waals surface area contributed by atoms with Crippen LogP contribution in [0.4, 0.5) is 10.1 Å². The number of rotatable bonds is 4. The molecule has 0 aromatic heterocycles. The van der Waals surface area contributed by atoms with Gasteiger partial charge in [0.05, 0.1) is 10.5 Å². The van der Waals surface area contributed by atoms with Crippen molar-refractivity contribution in [1.29, 1.82) is 0 Å². The van der Waals surface area contributed by atoms with Crippen LogP contribution in [-0.4, -0.2) is 31.7 Å². The zero-order valence-corrected chi connectivity index (χ0v) is 15.6. The molecule has 132 valence electrons. The minimum Gasteiger partial charge on any atom is -0.322 e. The number of benzene rings is 2. The topological polar surface area (TPSA) is 66.5 Å². The van der Waals surface area contributed by atoms with Gasteiger partial charge in [0.25, 0.3) is 5.91 Å². The predicted molar refractivity (Wildman–Crippen MR) is 96.5 cm³/mol. The number of anilines is 1. The molecule has 1 saturated heterocycles. The number of carbonyl (C=O) groups is 1. The standard InChI is InChI=1S/C17H16BrFN2O3S/c18-12-3-8-15(16(19)11-12)17(22)20-13-4-6-14(7-5-13)25(23,24)21-9-1-2-10-21/h3-8,11H,1-2,9-10H2,(H,20,22). The van der Waals surface area contributed by atoms with Crippen molar-refractivity contribution in [3.8, 4) is 0 Å². The molecule has 0 atom stereocenters. The fraction of sp³-hybridized carbons (Fsp3) is 0.235. The fourth-order valence-electron chi connectivity index (χ4n) is 2.66. The largest absolute Gasteiger partial charge is 0.322 e. The van der Waals surface area contributed by atoms with Crippen LogP contribution in [0.25, 0.3) is 0 Å². The zero-order chi connectivity index (χ0) is 18.0. The zero-order valence-electron chi connectivity index (χ0n) is 13.2. The maximum atomic E-state index is 13.8. The van der Waals surface area contributed by atoms with Gasteiger partial charge in [-0.05, 0) is 55.3 Å². The lowest BCUT2D eigenvalue weighted by atomic mass is 10.2. The van der Waals surface area contributed by atoms with Gasteiger partial charge in [-0.3, -0.25) is 4.79 Å². The quantitative estimate of drug-likeness (QED) is 0.811. The second kappa shape index (κ2) is 7.23. The highest BCUT2D eigenvalue weighted by atomic mass is 79.9. The molecule has 0 unspecified atom stereocenters. The van der Waals surface area contributed by atoms with Gasteiger partial charge in [0.2, 0.25) is 10.0 Å². The van der Waals surface area contributed by atoms with Crippen molar-refractivity contribution in [2.45, 2.75) is 17.7 Å². The van der Waals surface area contributed by atoms with E-state index in [1.165, 1.54) is 40.7 Å². The van der Waals surface area contributed by atoms with Gasteiger partial charge >= 0.3 is 0 Å². The van der Waals surface area contributed by atoms with E-state index >= 15 is 0 Å². The minimum absolute atomic E-state index is 0.0861. The van der Waals surface area contributed by atoms with Crippen LogP contribution in [0.5, 0.6) is 0 Å². The molecule has 25 heavy (non-hydrogen) atoms. The highest BCUT2D eigenvalue weighted by Gasteiger charge is 2.27. The van der Waals surface area contributed by atoms with Crippen molar-refractivity contribution in [3.05, 3.63) is 58.3 Å². The number of sulfonamides is 1. The van der Waals surface area contributed by atoms with Gasteiger partial charge in [-0.25, -0.2) is 12.8 Å². The second-order valence-electron chi connectivity index (χ2n) is 5.71. The number of amides is 1. The van der Waals surface area contributed by atoms with Crippen LogP contribution in [0.1, 0.15) is 23.2 Å². The van der Waals surface area contributed by atoms with E-state index in [9.17, 15) is 17.6 Å². The first-order valence-electron chi connectivity index (χ1n) is 7.74. The maximum absolute atomic E-state index is 13.8. The second-order valence-corrected chi connectivity index (χ2v) is 8.57. The van der Waals surface area contributed by atoms with Crippen molar-refractivity contribution < 1.29 is 17.6 Å². The number of nitrogens with one attached hydrogen (secondary N) is 1. The van der Waals surface area contributed by atoms with E-state index in [0.29, 0.717) is 23.2 Å². The van der Waals surface area contributed by atoms with Crippen molar-refractivity contribution in [2.75, 3.05) is 18.4 Å². The van der Waals surface area contributed by atoms with Crippen LogP contribution in [0, 0.1) is 5.82 Å². The molecule has 0 aliphatic carbocycles. The Morgan fingerprint density at radius 1 is 1.08 bits per heavy atom. The first-order valence-corrected chi connectivity index (χ1v) is 9.98. The van der Waals surface area contributed by atoms with Crippen molar-refractivity contribution in [2.24, 2.45) is 0 Å². The number of hydrogen-bond acceptors (Lipinski definition) is 3. The molecule has 8 heteroatoms. The number of halogens is 2. The summed E-state index contributed by atoms with van der Waals surface area (Å²) in [7, 11) is -3.49. The monoisotopic (exact) mass is 426 g/mol. The molecule has 1 aliphatic rings. The summed E-state index contributed by atoms with van der Waals surface area (Å²) >= 11 is 3.13. The van der Waals surface area contributed by atoms with E-state index in [2.05, 4.69) is 21.2 Å². The molecule has 0 bridgehead atoms. The van der Waals surface area contributed by atoms with E-state index < -0.39 is 21.7 Å². The molecule has 0 saturated carbocycles. The van der Waals surface area contributed by atoms with Gasteiger partial charge in [-0.1, -0.05) is 15.9 Å². The van der Waals surface area contributed by atoms with Gasteiger partial charge in [-0.15, -0.1) is 0 Å². The van der Waals surface area contributed by atoms with Crippen molar-refractivity contribution in [3.63, 3.8) is 0 Å². The third-order valence-electron chi connectivity index (χ3n) is 3.99. The molecule has 5 nitrogen and oxygen atoms in total. The summed E-state index contributed by atoms with van der Waals surface area (Å²) in [6.45, 7) is 1.06. The van der Waals surface area contributed by atoms with Gasteiger partial charge in [0.15, 0.2) is 0 Å². The van der Waals surface area contributed by atoms with Gasteiger partial charge in [0, 0.05) is 23.2 Å². The lowest BCUT2D eigenvalue weighted by Crippen LogP contribution is -2.27. The smallest absolute Gasteiger partial charge is 0.258 e. The van der Waals surface area contributed by atoms with Crippen molar-refractivity contribution >= 4 is 37.5 Å². The Labute approximate surface area is 154 Å². The first kappa shape index (κ1) is 18.0. The Kier molecular flexibility index (Phi) is 5.21. The Morgan fingerprint density at radius 3 is 2.32 bits per heavy atom. The molecule has 2 aromatic carbocycles. The summed E-state index contributed by atoms with van der Waals surface area (Å²) in [5.74, 6) is -1.24. The summed E-state index contributed by atoms with van der Waals surface area (Å²) < 4.78 is 40.7. The minimum atomic E-state index is -3.49. The van der Waals surface area contributed by atoms with Gasteiger partial charge in [-0.2, -0.15) is 4.31 Å². The summed E-state index contributed by atoms with van der Waals surface area (Å²) in [5, 5.41) is 2.56. The van der Waals surface area contributed by atoms with Crippen LogP contribution in [0.2, 0.25) is 0 Å². The predicted octanol–water partition coefficient (Wildman–Crippen LogP) is 3.63. The molecular weight excluding hydrogens is 411 g/mol. The average Bonchev–Trinajstić information content (AvgIpc) is 3.10. The molecule has 1 amide bonds. The van der Waals surface area contributed by atoms with Crippen LogP contribution in [-0.2, 0) is 10.0 Å². The molecule has 3 rings (SSSR count). The third kappa shape index (κ3) is 3.91. The molecule has 1 heterocycles. The van der Waals surface area contributed by atoms with Gasteiger partial charge in [0.1, 0.15) is 5.82 Å². The normalized spacial score (nSPS) is 15.3. The number of hydrogen-bond donors (Lipinski definition) is 1. The third-order valence-corrected chi connectivity index (χ3v) is 6.40. The lowest BCUT2D eigenvalue weighted by molar-refractivity contribution is 0.102. The highest BCUT2D eigenvalue weighted by Crippen LogP contribution is 2.23. The van der Waals surface area contributed by atoms with E-state index in [4.69, 9.17) is 0 Å². The molecule has 2 aromatic rings. The van der Waals surface area contributed by atoms with Crippen LogP contribution >= 0.6 is 15.9 Å². The van der Waals surface area contributed by atoms with E-state index in [0.717, 1.165) is 12.8 Å². The molecular formula is C17H16BrFN2O3S.